The van der Waals surface area contributed by atoms with Crippen molar-refractivity contribution in [1.29, 1.82) is 0 Å². The first-order valence-electron chi connectivity index (χ1n) is 5.66. The van der Waals surface area contributed by atoms with Crippen molar-refractivity contribution in [3.05, 3.63) is 28.2 Å². The van der Waals surface area contributed by atoms with Gasteiger partial charge in [-0.3, -0.25) is 4.79 Å². The highest BCUT2D eigenvalue weighted by atomic mass is 35.5. The molecule has 0 saturated carbocycles. The molecule has 1 rings (SSSR count). The van der Waals surface area contributed by atoms with E-state index in [4.69, 9.17) is 28.3 Å². The minimum Gasteiger partial charge on any atom is -0.480 e. The van der Waals surface area contributed by atoms with Gasteiger partial charge in [0.1, 0.15) is 10.9 Å². The Labute approximate surface area is 127 Å². The highest BCUT2D eigenvalue weighted by Crippen LogP contribution is 2.30. The summed E-state index contributed by atoms with van der Waals surface area (Å²) >= 11 is 11.6. The summed E-state index contributed by atoms with van der Waals surface area (Å²) in [4.78, 5) is 11.0. The van der Waals surface area contributed by atoms with Crippen LogP contribution in [0.2, 0.25) is 10.0 Å². The first-order chi connectivity index (χ1) is 8.97. The number of nitrogens with one attached hydrogen (secondary N) is 1. The molecule has 0 aromatic heterocycles. The quantitative estimate of drug-likeness (QED) is 0.883. The summed E-state index contributed by atoms with van der Waals surface area (Å²) in [6, 6.07) is 2.84. The van der Waals surface area contributed by atoms with Crippen molar-refractivity contribution in [2.75, 3.05) is 0 Å². The van der Waals surface area contributed by atoms with Crippen molar-refractivity contribution in [3.63, 3.8) is 0 Å². The van der Waals surface area contributed by atoms with E-state index in [0.717, 1.165) is 0 Å². The Hall–Kier alpha value is -0.820. The van der Waals surface area contributed by atoms with Crippen LogP contribution < -0.4 is 4.72 Å². The van der Waals surface area contributed by atoms with Crippen LogP contribution in [-0.2, 0) is 14.8 Å². The van der Waals surface area contributed by atoms with Crippen molar-refractivity contribution < 1.29 is 18.3 Å². The Morgan fingerprint density at radius 2 is 1.85 bits per heavy atom. The maximum Gasteiger partial charge on any atom is 0.322 e. The highest BCUT2D eigenvalue weighted by Gasteiger charge is 2.36. The lowest BCUT2D eigenvalue weighted by molar-refractivity contribution is -0.141. The van der Waals surface area contributed by atoms with Crippen LogP contribution in [0.15, 0.2) is 23.1 Å². The van der Waals surface area contributed by atoms with Crippen molar-refractivity contribution in [3.8, 4) is 0 Å². The van der Waals surface area contributed by atoms with E-state index >= 15 is 0 Å². The molecular weight excluding hydrogens is 325 g/mol. The molecule has 20 heavy (non-hydrogen) atoms. The number of rotatable bonds is 4. The summed E-state index contributed by atoms with van der Waals surface area (Å²) in [6.45, 7) is 4.86. The van der Waals surface area contributed by atoms with Gasteiger partial charge >= 0.3 is 5.97 Å². The van der Waals surface area contributed by atoms with Gasteiger partial charge in [0, 0.05) is 0 Å². The molecule has 0 heterocycles. The molecule has 5 nitrogen and oxygen atoms in total. The first kappa shape index (κ1) is 17.2. The third-order valence-corrected chi connectivity index (χ3v) is 4.99. The van der Waals surface area contributed by atoms with Gasteiger partial charge in [-0.2, -0.15) is 4.72 Å². The smallest absolute Gasteiger partial charge is 0.322 e. The molecular formula is C12H15Cl2NO4S. The maximum absolute atomic E-state index is 12.2. The molecule has 0 spiro atoms. The molecule has 1 aromatic rings. The molecule has 2 N–H and O–H groups in total. The van der Waals surface area contributed by atoms with E-state index in [2.05, 4.69) is 4.72 Å². The minimum absolute atomic E-state index is 0.0807. The number of carboxylic acid groups (broad SMARTS) is 1. The lowest BCUT2D eigenvalue weighted by Gasteiger charge is -2.27. The summed E-state index contributed by atoms with van der Waals surface area (Å²) in [7, 11) is -4.09. The number of carboxylic acids is 1. The SMILES string of the molecule is CC(C)(C)C(NS(=O)(=O)c1cccc(Cl)c1Cl)C(=O)O. The van der Waals surface area contributed by atoms with E-state index in [1.165, 1.54) is 18.2 Å². The standard InChI is InChI=1S/C12H15Cl2NO4S/c1-12(2,3)10(11(16)17)15-20(18,19)8-6-4-5-7(13)9(8)14/h4-6,10,15H,1-3H3,(H,16,17). The monoisotopic (exact) mass is 339 g/mol. The van der Waals surface area contributed by atoms with Crippen LogP contribution in [0.1, 0.15) is 20.8 Å². The summed E-state index contributed by atoms with van der Waals surface area (Å²) in [5.74, 6) is -1.26. The molecule has 0 amide bonds. The van der Waals surface area contributed by atoms with Crippen molar-refractivity contribution >= 4 is 39.2 Å². The number of carbonyl (C=O) groups is 1. The molecule has 0 radical (unpaired) electrons. The number of sulfonamides is 1. The molecule has 0 fully saturated rings. The minimum atomic E-state index is -4.09. The van der Waals surface area contributed by atoms with Gasteiger partial charge in [-0.25, -0.2) is 8.42 Å². The fourth-order valence-corrected chi connectivity index (χ4v) is 3.66. The van der Waals surface area contributed by atoms with E-state index in [1.807, 2.05) is 0 Å². The lowest BCUT2D eigenvalue weighted by Crippen LogP contribution is -2.49. The van der Waals surface area contributed by atoms with Crippen molar-refractivity contribution in [2.24, 2.45) is 5.41 Å². The molecule has 1 unspecified atom stereocenters. The third-order valence-electron chi connectivity index (χ3n) is 2.59. The van der Waals surface area contributed by atoms with Crippen LogP contribution >= 0.6 is 23.2 Å². The first-order valence-corrected chi connectivity index (χ1v) is 7.90. The summed E-state index contributed by atoms with van der Waals surface area (Å²) in [5, 5.41) is 9.10. The second-order valence-electron chi connectivity index (χ2n) is 5.31. The van der Waals surface area contributed by atoms with E-state index in [-0.39, 0.29) is 14.9 Å². The van der Waals surface area contributed by atoms with Crippen LogP contribution in [0.25, 0.3) is 0 Å². The van der Waals surface area contributed by atoms with Crippen molar-refractivity contribution in [2.45, 2.75) is 31.7 Å². The lowest BCUT2D eigenvalue weighted by atomic mass is 9.88. The normalized spacial score (nSPS) is 14.1. The average molecular weight is 340 g/mol. The summed E-state index contributed by atoms with van der Waals surface area (Å²) in [6.07, 6.45) is 0. The molecule has 112 valence electrons. The van der Waals surface area contributed by atoms with Crippen LogP contribution in [0, 0.1) is 5.41 Å². The Morgan fingerprint density at radius 3 is 2.30 bits per heavy atom. The van der Waals surface area contributed by atoms with E-state index < -0.39 is 27.4 Å². The number of hydrogen-bond donors (Lipinski definition) is 2. The molecule has 0 bridgehead atoms. The zero-order chi connectivity index (χ0) is 15.7. The Balaban J connectivity index is 3.24. The largest absolute Gasteiger partial charge is 0.480 e. The van der Waals surface area contributed by atoms with Gasteiger partial charge in [0.2, 0.25) is 10.0 Å². The Kier molecular flexibility index (Phi) is 5.08. The second-order valence-corrected chi connectivity index (χ2v) is 7.78. The maximum atomic E-state index is 12.2. The predicted octanol–water partition coefficient (Wildman–Crippen LogP) is 2.77. The van der Waals surface area contributed by atoms with Gasteiger partial charge in [-0.05, 0) is 17.5 Å². The summed E-state index contributed by atoms with van der Waals surface area (Å²) < 4.78 is 26.6. The van der Waals surface area contributed by atoms with Gasteiger partial charge in [0.05, 0.1) is 10.0 Å². The topological polar surface area (TPSA) is 83.5 Å². The average Bonchev–Trinajstić information content (AvgIpc) is 2.27. The molecule has 0 aliphatic heterocycles. The van der Waals surface area contributed by atoms with E-state index in [0.29, 0.717) is 0 Å². The van der Waals surface area contributed by atoms with Crippen LogP contribution in [0.5, 0.6) is 0 Å². The molecule has 1 atom stereocenters. The molecule has 1 aromatic carbocycles. The Bertz CT molecular complexity index is 623. The van der Waals surface area contributed by atoms with Crippen LogP contribution in [0.4, 0.5) is 0 Å². The van der Waals surface area contributed by atoms with Crippen molar-refractivity contribution in [1.82, 2.24) is 4.72 Å². The fourth-order valence-electron chi connectivity index (χ4n) is 1.51. The molecule has 0 aliphatic carbocycles. The van der Waals surface area contributed by atoms with Gasteiger partial charge in [0.25, 0.3) is 0 Å². The van der Waals surface area contributed by atoms with Gasteiger partial charge in [-0.1, -0.05) is 50.0 Å². The Morgan fingerprint density at radius 1 is 1.30 bits per heavy atom. The third kappa shape index (κ3) is 3.85. The number of aliphatic carboxylic acids is 1. The highest BCUT2D eigenvalue weighted by molar-refractivity contribution is 7.89. The zero-order valence-electron chi connectivity index (χ0n) is 11.1. The predicted molar refractivity (Wildman–Crippen MR) is 77.7 cm³/mol. The van der Waals surface area contributed by atoms with Gasteiger partial charge in [-0.15, -0.1) is 0 Å². The number of halogens is 2. The zero-order valence-corrected chi connectivity index (χ0v) is 13.5. The number of benzene rings is 1. The number of hydrogen-bond acceptors (Lipinski definition) is 3. The van der Waals surface area contributed by atoms with E-state index in [9.17, 15) is 13.2 Å². The van der Waals surface area contributed by atoms with Crippen LogP contribution in [0.3, 0.4) is 0 Å². The molecule has 8 heteroatoms. The van der Waals surface area contributed by atoms with Gasteiger partial charge < -0.3 is 5.11 Å². The van der Waals surface area contributed by atoms with Gasteiger partial charge in [0.15, 0.2) is 0 Å². The molecule has 0 saturated heterocycles. The second kappa shape index (κ2) is 5.89. The van der Waals surface area contributed by atoms with Crippen LogP contribution in [-0.4, -0.2) is 25.5 Å². The fraction of sp³-hybridized carbons (Fsp3) is 0.417. The molecule has 0 aliphatic rings. The van der Waals surface area contributed by atoms with E-state index in [1.54, 1.807) is 20.8 Å². The summed E-state index contributed by atoms with van der Waals surface area (Å²) in [5.41, 5.74) is -0.802.